The van der Waals surface area contributed by atoms with E-state index in [0.717, 1.165) is 0 Å². The van der Waals surface area contributed by atoms with Crippen molar-refractivity contribution >= 4 is 35.1 Å². The fraction of sp³-hybridized carbons (Fsp3) is 0.308. The van der Waals surface area contributed by atoms with Gasteiger partial charge in [0.2, 0.25) is 11.8 Å². The molecular weight excluding hydrogens is 284 g/mol. The standard InChI is InChI=1S/C13H13ClN2O4/c14-9-5-7(13(19)20)1-3-10(9)16-12(18)8-2-4-11(17)15-6-8/h1,3,5,8H,2,4,6H2,(H,15,17)(H,16,18)(H,19,20). The topological polar surface area (TPSA) is 95.5 Å². The van der Waals surface area contributed by atoms with Crippen LogP contribution in [0.5, 0.6) is 0 Å². The number of carboxylic acid groups (broad SMARTS) is 1. The number of aromatic carboxylic acids is 1. The normalized spacial score (nSPS) is 18.2. The Labute approximate surface area is 120 Å². The third kappa shape index (κ3) is 3.27. The first-order valence-electron chi connectivity index (χ1n) is 6.08. The molecule has 1 heterocycles. The van der Waals surface area contributed by atoms with E-state index in [1.54, 1.807) is 0 Å². The third-order valence-corrected chi connectivity index (χ3v) is 3.42. The minimum Gasteiger partial charge on any atom is -0.478 e. The molecule has 0 aliphatic carbocycles. The second-order valence-corrected chi connectivity index (χ2v) is 4.94. The van der Waals surface area contributed by atoms with Crippen molar-refractivity contribution in [1.82, 2.24) is 5.32 Å². The van der Waals surface area contributed by atoms with Gasteiger partial charge in [0.25, 0.3) is 0 Å². The summed E-state index contributed by atoms with van der Waals surface area (Å²) >= 11 is 5.93. The number of amides is 2. The Kier molecular flexibility index (Phi) is 4.24. The first-order chi connectivity index (χ1) is 9.47. The van der Waals surface area contributed by atoms with Crippen LogP contribution in [0.3, 0.4) is 0 Å². The fourth-order valence-corrected chi connectivity index (χ4v) is 2.17. The fourth-order valence-electron chi connectivity index (χ4n) is 1.94. The molecule has 106 valence electrons. The van der Waals surface area contributed by atoms with Gasteiger partial charge < -0.3 is 15.7 Å². The van der Waals surface area contributed by atoms with Gasteiger partial charge in [-0.15, -0.1) is 0 Å². The van der Waals surface area contributed by atoms with E-state index >= 15 is 0 Å². The van der Waals surface area contributed by atoms with Crippen LogP contribution in [0, 0.1) is 5.92 Å². The summed E-state index contributed by atoms with van der Waals surface area (Å²) in [6, 6.07) is 4.10. The first-order valence-corrected chi connectivity index (χ1v) is 6.45. The molecule has 1 fully saturated rings. The number of piperidine rings is 1. The molecule has 0 radical (unpaired) electrons. The van der Waals surface area contributed by atoms with Crippen LogP contribution < -0.4 is 10.6 Å². The number of nitrogens with one attached hydrogen (secondary N) is 2. The molecule has 6 nitrogen and oxygen atoms in total. The molecule has 0 spiro atoms. The summed E-state index contributed by atoms with van der Waals surface area (Å²) in [5.74, 6) is -1.68. The number of hydrogen-bond donors (Lipinski definition) is 3. The summed E-state index contributed by atoms with van der Waals surface area (Å²) in [6.07, 6.45) is 0.812. The van der Waals surface area contributed by atoms with E-state index in [-0.39, 0.29) is 28.3 Å². The van der Waals surface area contributed by atoms with Crippen molar-refractivity contribution in [3.05, 3.63) is 28.8 Å². The van der Waals surface area contributed by atoms with Crippen LogP contribution in [0.25, 0.3) is 0 Å². The minimum atomic E-state index is -1.08. The number of halogens is 1. The van der Waals surface area contributed by atoms with Crippen molar-refractivity contribution in [2.24, 2.45) is 5.92 Å². The summed E-state index contributed by atoms with van der Waals surface area (Å²) in [6.45, 7) is 0.301. The van der Waals surface area contributed by atoms with Crippen LogP contribution in [-0.4, -0.2) is 29.4 Å². The van der Waals surface area contributed by atoms with Gasteiger partial charge >= 0.3 is 5.97 Å². The molecule has 1 aromatic carbocycles. The Morgan fingerprint density at radius 2 is 2.15 bits per heavy atom. The Morgan fingerprint density at radius 3 is 2.70 bits per heavy atom. The molecule has 1 saturated heterocycles. The third-order valence-electron chi connectivity index (χ3n) is 3.11. The molecule has 0 bridgehead atoms. The van der Waals surface area contributed by atoms with Crippen LogP contribution in [-0.2, 0) is 9.59 Å². The highest BCUT2D eigenvalue weighted by atomic mass is 35.5. The lowest BCUT2D eigenvalue weighted by Crippen LogP contribution is -2.40. The summed E-state index contributed by atoms with van der Waals surface area (Å²) in [4.78, 5) is 33.8. The lowest BCUT2D eigenvalue weighted by molar-refractivity contribution is -0.126. The van der Waals surface area contributed by atoms with Crippen molar-refractivity contribution in [3.8, 4) is 0 Å². The van der Waals surface area contributed by atoms with E-state index in [2.05, 4.69) is 10.6 Å². The number of carbonyl (C=O) groups excluding carboxylic acids is 2. The van der Waals surface area contributed by atoms with Crippen LogP contribution in [0.1, 0.15) is 23.2 Å². The zero-order valence-electron chi connectivity index (χ0n) is 10.5. The van der Waals surface area contributed by atoms with Crippen LogP contribution in [0.2, 0.25) is 5.02 Å². The smallest absolute Gasteiger partial charge is 0.335 e. The summed E-state index contributed by atoms with van der Waals surface area (Å²) in [5.41, 5.74) is 0.413. The average Bonchev–Trinajstić information content (AvgIpc) is 2.41. The monoisotopic (exact) mass is 296 g/mol. The SMILES string of the molecule is O=C1CCC(C(=O)Nc2ccc(C(=O)O)cc2Cl)CN1. The van der Waals surface area contributed by atoms with Gasteiger partial charge in [-0.2, -0.15) is 0 Å². The maximum absolute atomic E-state index is 12.0. The van der Waals surface area contributed by atoms with E-state index in [9.17, 15) is 14.4 Å². The maximum atomic E-state index is 12.0. The van der Waals surface area contributed by atoms with E-state index < -0.39 is 5.97 Å². The van der Waals surface area contributed by atoms with Crippen LogP contribution in [0.4, 0.5) is 5.69 Å². The molecule has 0 saturated carbocycles. The van der Waals surface area contributed by atoms with Crippen molar-refractivity contribution in [1.29, 1.82) is 0 Å². The minimum absolute atomic E-state index is 0.0536. The van der Waals surface area contributed by atoms with Gasteiger partial charge in [-0.25, -0.2) is 4.79 Å². The van der Waals surface area contributed by atoms with E-state index in [4.69, 9.17) is 16.7 Å². The second kappa shape index (κ2) is 5.92. The Morgan fingerprint density at radius 1 is 1.40 bits per heavy atom. The van der Waals surface area contributed by atoms with Crippen molar-refractivity contribution in [2.75, 3.05) is 11.9 Å². The molecule has 2 rings (SSSR count). The molecule has 1 aliphatic rings. The van der Waals surface area contributed by atoms with E-state index in [0.29, 0.717) is 25.1 Å². The van der Waals surface area contributed by atoms with Gasteiger partial charge in [-0.3, -0.25) is 9.59 Å². The van der Waals surface area contributed by atoms with Gasteiger partial charge in [0.05, 0.1) is 22.2 Å². The van der Waals surface area contributed by atoms with E-state index in [1.807, 2.05) is 0 Å². The Bertz CT molecular complexity index is 563. The molecular formula is C13H13ClN2O4. The molecule has 2 amide bonds. The Balaban J connectivity index is 2.04. The van der Waals surface area contributed by atoms with Crippen molar-refractivity contribution < 1.29 is 19.5 Å². The molecule has 1 aliphatic heterocycles. The predicted molar refractivity (Wildman–Crippen MR) is 72.8 cm³/mol. The Hall–Kier alpha value is -2.08. The maximum Gasteiger partial charge on any atom is 0.335 e. The molecule has 20 heavy (non-hydrogen) atoms. The average molecular weight is 297 g/mol. The van der Waals surface area contributed by atoms with Crippen molar-refractivity contribution in [2.45, 2.75) is 12.8 Å². The molecule has 7 heteroatoms. The number of anilines is 1. The highest BCUT2D eigenvalue weighted by molar-refractivity contribution is 6.34. The zero-order chi connectivity index (χ0) is 14.7. The van der Waals surface area contributed by atoms with E-state index in [1.165, 1.54) is 18.2 Å². The highest BCUT2D eigenvalue weighted by Crippen LogP contribution is 2.24. The summed E-state index contributed by atoms with van der Waals surface area (Å²) < 4.78 is 0. The summed E-state index contributed by atoms with van der Waals surface area (Å²) in [5, 5.41) is 14.3. The zero-order valence-corrected chi connectivity index (χ0v) is 11.2. The van der Waals surface area contributed by atoms with Crippen molar-refractivity contribution in [3.63, 3.8) is 0 Å². The first kappa shape index (κ1) is 14.3. The predicted octanol–water partition coefficient (Wildman–Crippen LogP) is 1.50. The number of carboxylic acids is 1. The van der Waals surface area contributed by atoms with Crippen LogP contribution >= 0.6 is 11.6 Å². The molecule has 3 N–H and O–H groups in total. The number of rotatable bonds is 3. The highest BCUT2D eigenvalue weighted by Gasteiger charge is 2.24. The van der Waals surface area contributed by atoms with Gasteiger partial charge in [0.15, 0.2) is 0 Å². The van der Waals surface area contributed by atoms with Gasteiger partial charge in [0, 0.05) is 13.0 Å². The second-order valence-electron chi connectivity index (χ2n) is 4.53. The molecule has 1 aromatic rings. The molecule has 1 unspecified atom stereocenters. The number of benzene rings is 1. The quantitative estimate of drug-likeness (QED) is 0.787. The lowest BCUT2D eigenvalue weighted by atomic mass is 9.98. The lowest BCUT2D eigenvalue weighted by Gasteiger charge is -2.21. The number of carbonyl (C=O) groups is 3. The van der Waals surface area contributed by atoms with Gasteiger partial charge in [0.1, 0.15) is 0 Å². The molecule has 1 atom stereocenters. The number of hydrogen-bond acceptors (Lipinski definition) is 3. The summed E-state index contributed by atoms with van der Waals surface area (Å²) in [7, 11) is 0. The van der Waals surface area contributed by atoms with Gasteiger partial charge in [-0.1, -0.05) is 11.6 Å². The van der Waals surface area contributed by atoms with Gasteiger partial charge in [-0.05, 0) is 24.6 Å². The van der Waals surface area contributed by atoms with Crippen LogP contribution in [0.15, 0.2) is 18.2 Å². The molecule has 0 aromatic heterocycles. The largest absolute Gasteiger partial charge is 0.478 e.